The fourth-order valence-electron chi connectivity index (χ4n) is 0.482. The summed E-state index contributed by atoms with van der Waals surface area (Å²) in [6.07, 6.45) is 5.53. The van der Waals surface area contributed by atoms with Gasteiger partial charge in [0.25, 0.3) is 0 Å². The van der Waals surface area contributed by atoms with Gasteiger partial charge in [-0.1, -0.05) is 19.8 Å². The third-order valence-electron chi connectivity index (χ3n) is 0.932. The smallest absolute Gasteiger partial charge is 0.120 e. The normalized spacial score (nSPS) is 8.12. The molecular weight excluding hydrogens is 100 g/mol. The first-order chi connectivity index (χ1) is 3.91. The Balaban J connectivity index is 2.82. The van der Waals surface area contributed by atoms with Crippen LogP contribution < -0.4 is 0 Å². The van der Waals surface area contributed by atoms with Crippen LogP contribution in [0.2, 0.25) is 0 Å². The monoisotopic (exact) mass is 111 g/mol. The highest BCUT2D eigenvalue weighted by Gasteiger charge is 1.79. The lowest BCUT2D eigenvalue weighted by atomic mass is 10.2. The third kappa shape index (κ3) is 5.45. The van der Waals surface area contributed by atoms with E-state index in [0.717, 1.165) is 25.7 Å². The molecule has 0 aliphatic carbocycles. The zero-order valence-corrected chi connectivity index (χ0v) is 5.02. The summed E-state index contributed by atoms with van der Waals surface area (Å²) in [5.74, 6) is 1.73. The van der Waals surface area contributed by atoms with Crippen molar-refractivity contribution in [3.8, 4) is 0 Å². The van der Waals surface area contributed by atoms with Crippen LogP contribution in [0.5, 0.6) is 0 Å². The number of hydrogen-bond acceptors (Lipinski definition) is 1. The lowest BCUT2D eigenvalue weighted by Gasteiger charge is -1.86. The van der Waals surface area contributed by atoms with Crippen molar-refractivity contribution in [1.82, 2.24) is 0 Å². The van der Waals surface area contributed by atoms with Crippen LogP contribution in [0.4, 0.5) is 0 Å². The topological polar surface area (TPSA) is 17.1 Å². The van der Waals surface area contributed by atoms with Gasteiger partial charge in [0.05, 0.1) is 0 Å². The maximum absolute atomic E-state index is 9.57. The highest BCUT2D eigenvalue weighted by Crippen LogP contribution is 1.96. The maximum Gasteiger partial charge on any atom is 0.120 e. The van der Waals surface area contributed by atoms with Gasteiger partial charge in [-0.3, -0.25) is 0 Å². The molecule has 0 atom stereocenters. The molecule has 0 aromatic rings. The zero-order valence-electron chi connectivity index (χ0n) is 5.02. The van der Waals surface area contributed by atoms with Crippen LogP contribution in [0, 0.1) is 6.92 Å². The van der Waals surface area contributed by atoms with Crippen molar-refractivity contribution >= 4 is 5.94 Å². The van der Waals surface area contributed by atoms with Gasteiger partial charge >= 0.3 is 0 Å². The first kappa shape index (κ1) is 7.45. The Bertz CT molecular complexity index is 80.4. The van der Waals surface area contributed by atoms with Crippen molar-refractivity contribution in [3.63, 3.8) is 0 Å². The Labute approximate surface area is 50.4 Å². The molecule has 0 unspecified atom stereocenters. The van der Waals surface area contributed by atoms with E-state index >= 15 is 0 Å². The molecule has 0 saturated carbocycles. The van der Waals surface area contributed by atoms with Crippen molar-refractivity contribution in [3.05, 3.63) is 13.0 Å². The summed E-state index contributed by atoms with van der Waals surface area (Å²) in [4.78, 5) is 9.57. The first-order valence-electron chi connectivity index (χ1n) is 2.90. The minimum absolute atomic E-state index is 0.860. The summed E-state index contributed by atoms with van der Waals surface area (Å²) in [6.45, 7) is 3.67. The van der Waals surface area contributed by atoms with E-state index in [4.69, 9.17) is 0 Å². The lowest BCUT2D eigenvalue weighted by molar-refractivity contribution is 0.567. The molecule has 0 rings (SSSR count). The number of hydrogen-bond donors (Lipinski definition) is 0. The molecule has 0 amide bonds. The molecule has 8 heavy (non-hydrogen) atoms. The molecule has 0 saturated heterocycles. The van der Waals surface area contributed by atoms with Crippen LogP contribution in [0.15, 0.2) is 6.08 Å². The van der Waals surface area contributed by atoms with Gasteiger partial charge in [0, 0.05) is 0 Å². The Kier molecular flexibility index (Phi) is 6.01. The Morgan fingerprint density at radius 3 is 2.75 bits per heavy atom. The molecule has 0 bridgehead atoms. The third-order valence-corrected chi connectivity index (χ3v) is 0.932. The van der Waals surface area contributed by atoms with Gasteiger partial charge in [-0.25, -0.2) is 4.79 Å². The second kappa shape index (κ2) is 6.45. The molecule has 0 spiro atoms. The lowest BCUT2D eigenvalue weighted by Crippen LogP contribution is -1.69. The molecule has 0 N–H and O–H groups in total. The quantitative estimate of drug-likeness (QED) is 0.399. The van der Waals surface area contributed by atoms with Crippen LogP contribution in [0.3, 0.4) is 0 Å². The average Bonchev–Trinajstić information content (AvgIpc) is 1.81. The summed E-state index contributed by atoms with van der Waals surface area (Å²) in [7, 11) is 0. The number of rotatable bonds is 4. The van der Waals surface area contributed by atoms with Crippen LogP contribution in [0.1, 0.15) is 25.7 Å². The van der Waals surface area contributed by atoms with E-state index in [0.29, 0.717) is 0 Å². The van der Waals surface area contributed by atoms with E-state index in [9.17, 15) is 4.79 Å². The van der Waals surface area contributed by atoms with Crippen molar-refractivity contribution in [2.45, 2.75) is 25.7 Å². The molecule has 0 aliphatic heterocycles. The predicted molar refractivity (Wildman–Crippen MR) is 34.1 cm³/mol. The minimum Gasteiger partial charge on any atom is -0.234 e. The zero-order chi connectivity index (χ0) is 6.24. The van der Waals surface area contributed by atoms with Gasteiger partial charge in [0.1, 0.15) is 5.94 Å². The van der Waals surface area contributed by atoms with Gasteiger partial charge < -0.3 is 0 Å². The Morgan fingerprint density at radius 1 is 1.50 bits per heavy atom. The van der Waals surface area contributed by atoms with Gasteiger partial charge in [0.15, 0.2) is 0 Å². The Morgan fingerprint density at radius 2 is 2.25 bits per heavy atom. The second-order valence-electron chi connectivity index (χ2n) is 1.67. The van der Waals surface area contributed by atoms with Crippen LogP contribution in [-0.2, 0) is 4.79 Å². The van der Waals surface area contributed by atoms with Crippen molar-refractivity contribution in [2.24, 2.45) is 0 Å². The average molecular weight is 111 g/mol. The summed E-state index contributed by atoms with van der Waals surface area (Å²) in [6, 6.07) is 0. The van der Waals surface area contributed by atoms with E-state index in [-0.39, 0.29) is 0 Å². The van der Waals surface area contributed by atoms with Crippen LogP contribution >= 0.6 is 0 Å². The largest absolute Gasteiger partial charge is 0.234 e. The fourth-order valence-corrected chi connectivity index (χ4v) is 0.482. The van der Waals surface area contributed by atoms with E-state index in [1.54, 1.807) is 5.94 Å². The maximum atomic E-state index is 9.57. The van der Waals surface area contributed by atoms with E-state index < -0.39 is 0 Å². The Hall–Kier alpha value is -0.550. The van der Waals surface area contributed by atoms with Crippen molar-refractivity contribution < 1.29 is 4.79 Å². The molecule has 0 aromatic heterocycles. The molecule has 1 nitrogen and oxygen atoms in total. The summed E-state index contributed by atoms with van der Waals surface area (Å²) >= 11 is 0. The molecule has 0 aliphatic rings. The molecular formula is C7H11O. The fraction of sp³-hybridized carbons (Fsp3) is 0.571. The van der Waals surface area contributed by atoms with Gasteiger partial charge in [-0.15, -0.1) is 0 Å². The van der Waals surface area contributed by atoms with E-state index in [2.05, 4.69) is 6.92 Å². The molecule has 0 heterocycles. The van der Waals surface area contributed by atoms with Gasteiger partial charge in [-0.05, 0) is 18.9 Å². The molecule has 45 valence electrons. The first-order valence-corrected chi connectivity index (χ1v) is 2.90. The molecule has 0 aromatic carbocycles. The van der Waals surface area contributed by atoms with Crippen molar-refractivity contribution in [2.75, 3.05) is 0 Å². The predicted octanol–water partition coefficient (Wildman–Crippen LogP) is 1.77. The summed E-state index contributed by atoms with van der Waals surface area (Å²) < 4.78 is 0. The second-order valence-corrected chi connectivity index (χ2v) is 1.67. The van der Waals surface area contributed by atoms with Gasteiger partial charge in [-0.2, -0.15) is 0 Å². The van der Waals surface area contributed by atoms with Crippen LogP contribution in [-0.4, -0.2) is 5.94 Å². The highest BCUT2D eigenvalue weighted by molar-refractivity contribution is 5.44. The molecule has 1 heteroatoms. The highest BCUT2D eigenvalue weighted by atomic mass is 16.1. The summed E-state index contributed by atoms with van der Waals surface area (Å²) in [5.41, 5.74) is 0. The standard InChI is InChI=1S/C7H11O/c1-2-3-4-5-6-7-8/h6H,1-5H2. The SMILES string of the molecule is [CH2]CCCCC=C=O. The van der Waals surface area contributed by atoms with E-state index in [1.165, 1.54) is 6.08 Å². The van der Waals surface area contributed by atoms with E-state index in [1.807, 2.05) is 0 Å². The number of carbonyl (C=O) groups excluding carboxylic acids is 1. The molecule has 1 radical (unpaired) electrons. The van der Waals surface area contributed by atoms with Crippen LogP contribution in [0.25, 0.3) is 0 Å². The number of allylic oxidation sites excluding steroid dienone is 1. The van der Waals surface area contributed by atoms with Gasteiger partial charge in [0.2, 0.25) is 0 Å². The van der Waals surface area contributed by atoms with Crippen molar-refractivity contribution in [1.29, 1.82) is 0 Å². The molecule has 0 fully saturated rings. The number of unbranched alkanes of at least 4 members (excludes halogenated alkanes) is 3. The minimum atomic E-state index is 0.860. The summed E-state index contributed by atoms with van der Waals surface area (Å²) in [5, 5.41) is 0.